The van der Waals surface area contributed by atoms with Crippen LogP contribution < -0.4 is 10.1 Å². The maximum absolute atomic E-state index is 11.1. The lowest BCUT2D eigenvalue weighted by atomic mass is 10.2. The fourth-order valence-corrected chi connectivity index (χ4v) is 1.28. The summed E-state index contributed by atoms with van der Waals surface area (Å²) >= 11 is 0. The van der Waals surface area contributed by atoms with Gasteiger partial charge in [-0.15, -0.1) is 0 Å². The molecule has 1 rings (SSSR count). The Labute approximate surface area is 102 Å². The third-order valence-corrected chi connectivity index (χ3v) is 2.11. The molecule has 0 bridgehead atoms. The number of ether oxygens (including phenoxy) is 2. The van der Waals surface area contributed by atoms with Gasteiger partial charge in [0.2, 0.25) is 0 Å². The van der Waals surface area contributed by atoms with Gasteiger partial charge in [0.25, 0.3) is 0 Å². The van der Waals surface area contributed by atoms with Crippen LogP contribution in [-0.2, 0) is 11.3 Å². The predicted molar refractivity (Wildman–Crippen MR) is 66.1 cm³/mol. The molecular formula is C13H19NO3. The van der Waals surface area contributed by atoms with Gasteiger partial charge in [0, 0.05) is 6.54 Å². The fraction of sp³-hybridized carbons (Fsp3) is 0.462. The molecule has 1 amide bonds. The number of nitrogens with one attached hydrogen (secondary N) is 1. The summed E-state index contributed by atoms with van der Waals surface area (Å²) in [6, 6.07) is 7.66. The first-order valence-corrected chi connectivity index (χ1v) is 5.88. The van der Waals surface area contributed by atoms with Crippen molar-refractivity contribution < 1.29 is 14.3 Å². The molecule has 0 atom stereocenters. The monoisotopic (exact) mass is 237 g/mol. The Morgan fingerprint density at radius 3 is 2.53 bits per heavy atom. The molecule has 94 valence electrons. The van der Waals surface area contributed by atoms with E-state index in [9.17, 15) is 4.79 Å². The van der Waals surface area contributed by atoms with E-state index < -0.39 is 0 Å². The Kier molecular flexibility index (Phi) is 5.93. The van der Waals surface area contributed by atoms with Gasteiger partial charge in [-0.2, -0.15) is 0 Å². The van der Waals surface area contributed by atoms with Crippen molar-refractivity contribution in [3.05, 3.63) is 29.8 Å². The van der Waals surface area contributed by atoms with Crippen molar-refractivity contribution in [2.24, 2.45) is 0 Å². The van der Waals surface area contributed by atoms with E-state index in [0.717, 1.165) is 24.3 Å². The molecule has 0 aliphatic heterocycles. The molecule has 0 aromatic heterocycles. The summed E-state index contributed by atoms with van der Waals surface area (Å²) in [5, 5.41) is 2.66. The average Bonchev–Trinajstić information content (AvgIpc) is 2.35. The second kappa shape index (κ2) is 7.54. The number of carbonyl (C=O) groups is 1. The van der Waals surface area contributed by atoms with Crippen molar-refractivity contribution in [2.75, 3.05) is 13.2 Å². The van der Waals surface area contributed by atoms with Gasteiger partial charge in [-0.05, 0) is 31.0 Å². The van der Waals surface area contributed by atoms with E-state index in [1.54, 1.807) is 6.92 Å². The first-order valence-electron chi connectivity index (χ1n) is 5.88. The summed E-state index contributed by atoms with van der Waals surface area (Å²) in [7, 11) is 0. The highest BCUT2D eigenvalue weighted by atomic mass is 16.5. The van der Waals surface area contributed by atoms with Gasteiger partial charge >= 0.3 is 6.09 Å². The maximum Gasteiger partial charge on any atom is 0.407 e. The molecule has 0 heterocycles. The smallest absolute Gasteiger partial charge is 0.407 e. The zero-order valence-electron chi connectivity index (χ0n) is 10.4. The second-order valence-corrected chi connectivity index (χ2v) is 3.57. The molecule has 0 unspecified atom stereocenters. The molecular weight excluding hydrogens is 218 g/mol. The molecule has 0 radical (unpaired) electrons. The van der Waals surface area contributed by atoms with Crippen LogP contribution in [0.1, 0.15) is 25.8 Å². The third kappa shape index (κ3) is 5.24. The zero-order valence-corrected chi connectivity index (χ0v) is 10.4. The van der Waals surface area contributed by atoms with Gasteiger partial charge in [0.05, 0.1) is 13.2 Å². The largest absolute Gasteiger partial charge is 0.494 e. The molecule has 1 aromatic carbocycles. The summed E-state index contributed by atoms with van der Waals surface area (Å²) in [5.74, 6) is 0.853. The Balaban J connectivity index is 2.37. The molecule has 0 fully saturated rings. The zero-order chi connectivity index (χ0) is 12.5. The molecule has 0 spiro atoms. The van der Waals surface area contributed by atoms with Crippen LogP contribution in [0.5, 0.6) is 5.75 Å². The lowest BCUT2D eigenvalue weighted by Crippen LogP contribution is -2.23. The van der Waals surface area contributed by atoms with E-state index in [2.05, 4.69) is 12.2 Å². The molecule has 0 saturated heterocycles. The maximum atomic E-state index is 11.1. The molecule has 4 heteroatoms. The minimum absolute atomic E-state index is 0.385. The highest BCUT2D eigenvalue weighted by Gasteiger charge is 2.00. The molecule has 0 saturated carbocycles. The molecule has 0 aliphatic carbocycles. The molecule has 0 aliphatic rings. The van der Waals surface area contributed by atoms with Crippen LogP contribution in [0.3, 0.4) is 0 Å². The van der Waals surface area contributed by atoms with E-state index in [0.29, 0.717) is 13.2 Å². The lowest BCUT2D eigenvalue weighted by molar-refractivity contribution is 0.151. The van der Waals surface area contributed by atoms with E-state index in [1.807, 2.05) is 24.3 Å². The Morgan fingerprint density at radius 1 is 1.24 bits per heavy atom. The standard InChI is InChI=1S/C13H19NO3/c1-3-9-17-12-7-5-11(6-8-12)10-14-13(15)16-4-2/h5-8H,3-4,9-10H2,1-2H3,(H,14,15). The normalized spacial score (nSPS) is 9.76. The van der Waals surface area contributed by atoms with Crippen molar-refractivity contribution in [1.29, 1.82) is 0 Å². The Hall–Kier alpha value is -1.71. The lowest BCUT2D eigenvalue weighted by Gasteiger charge is -2.07. The van der Waals surface area contributed by atoms with Crippen molar-refractivity contribution in [3.63, 3.8) is 0 Å². The van der Waals surface area contributed by atoms with Gasteiger partial charge in [0.1, 0.15) is 5.75 Å². The van der Waals surface area contributed by atoms with Gasteiger partial charge in [-0.1, -0.05) is 19.1 Å². The molecule has 1 aromatic rings. The minimum Gasteiger partial charge on any atom is -0.494 e. The van der Waals surface area contributed by atoms with Crippen LogP contribution in [-0.4, -0.2) is 19.3 Å². The number of hydrogen-bond donors (Lipinski definition) is 1. The fourth-order valence-electron chi connectivity index (χ4n) is 1.28. The van der Waals surface area contributed by atoms with Crippen molar-refractivity contribution >= 4 is 6.09 Å². The number of hydrogen-bond acceptors (Lipinski definition) is 3. The van der Waals surface area contributed by atoms with Crippen LogP contribution in [0.2, 0.25) is 0 Å². The quantitative estimate of drug-likeness (QED) is 0.827. The van der Waals surface area contributed by atoms with Crippen LogP contribution in [0, 0.1) is 0 Å². The van der Waals surface area contributed by atoms with Crippen LogP contribution in [0.25, 0.3) is 0 Å². The Morgan fingerprint density at radius 2 is 1.94 bits per heavy atom. The number of benzene rings is 1. The molecule has 1 N–H and O–H groups in total. The van der Waals surface area contributed by atoms with Crippen molar-refractivity contribution in [2.45, 2.75) is 26.8 Å². The van der Waals surface area contributed by atoms with Gasteiger partial charge in [-0.25, -0.2) is 4.79 Å². The number of alkyl carbamates (subject to hydrolysis) is 1. The topological polar surface area (TPSA) is 47.6 Å². The van der Waals surface area contributed by atoms with E-state index in [-0.39, 0.29) is 6.09 Å². The van der Waals surface area contributed by atoms with Gasteiger partial charge in [-0.3, -0.25) is 0 Å². The first-order chi connectivity index (χ1) is 8.26. The Bertz CT molecular complexity index is 335. The summed E-state index contributed by atoms with van der Waals surface area (Å²) in [6.45, 7) is 5.42. The molecule has 4 nitrogen and oxygen atoms in total. The van der Waals surface area contributed by atoms with Gasteiger partial charge < -0.3 is 14.8 Å². The summed E-state index contributed by atoms with van der Waals surface area (Å²) in [5.41, 5.74) is 1.02. The average molecular weight is 237 g/mol. The van der Waals surface area contributed by atoms with Gasteiger partial charge in [0.15, 0.2) is 0 Å². The minimum atomic E-state index is -0.390. The summed E-state index contributed by atoms with van der Waals surface area (Å²) in [4.78, 5) is 11.1. The van der Waals surface area contributed by atoms with Crippen LogP contribution in [0.15, 0.2) is 24.3 Å². The van der Waals surface area contributed by atoms with E-state index in [1.165, 1.54) is 0 Å². The highest BCUT2D eigenvalue weighted by molar-refractivity contribution is 5.67. The molecule has 17 heavy (non-hydrogen) atoms. The van der Waals surface area contributed by atoms with Crippen molar-refractivity contribution in [1.82, 2.24) is 5.32 Å². The third-order valence-electron chi connectivity index (χ3n) is 2.11. The highest BCUT2D eigenvalue weighted by Crippen LogP contribution is 2.12. The van der Waals surface area contributed by atoms with Crippen LogP contribution >= 0.6 is 0 Å². The number of amides is 1. The van der Waals surface area contributed by atoms with Crippen LogP contribution in [0.4, 0.5) is 4.79 Å². The number of carbonyl (C=O) groups excluding carboxylic acids is 1. The van der Waals surface area contributed by atoms with E-state index >= 15 is 0 Å². The summed E-state index contributed by atoms with van der Waals surface area (Å²) < 4.78 is 10.2. The van der Waals surface area contributed by atoms with E-state index in [4.69, 9.17) is 9.47 Å². The number of rotatable bonds is 6. The predicted octanol–water partition coefficient (Wildman–Crippen LogP) is 2.72. The van der Waals surface area contributed by atoms with Crippen molar-refractivity contribution in [3.8, 4) is 5.75 Å². The second-order valence-electron chi connectivity index (χ2n) is 3.57. The SMILES string of the molecule is CCCOc1ccc(CNC(=O)OCC)cc1. The first kappa shape index (κ1) is 13.4. The summed E-state index contributed by atoms with van der Waals surface area (Å²) in [6.07, 6.45) is 0.602.